The Morgan fingerprint density at radius 1 is 1.25 bits per heavy atom. The highest BCUT2D eigenvalue weighted by atomic mass is 16.5. The van der Waals surface area contributed by atoms with Crippen LogP contribution >= 0.6 is 0 Å². The van der Waals surface area contributed by atoms with E-state index in [1.165, 1.54) is 0 Å². The van der Waals surface area contributed by atoms with Crippen LogP contribution in [0.5, 0.6) is 0 Å². The maximum atomic E-state index is 12.7. The lowest BCUT2D eigenvalue weighted by Gasteiger charge is -2.32. The van der Waals surface area contributed by atoms with Gasteiger partial charge in [0.2, 0.25) is 5.91 Å². The van der Waals surface area contributed by atoms with Gasteiger partial charge in [-0.05, 0) is 31.6 Å². The molecule has 0 atom stereocenters. The first-order valence-electron chi connectivity index (χ1n) is 7.92. The largest absolute Gasteiger partial charge is 0.381 e. The Labute approximate surface area is 122 Å². The molecule has 0 aromatic rings. The molecule has 4 heteroatoms. The summed E-state index contributed by atoms with van der Waals surface area (Å²) in [5, 5.41) is 9.57. The molecule has 1 saturated carbocycles. The van der Waals surface area contributed by atoms with Crippen molar-refractivity contribution in [3.63, 3.8) is 0 Å². The summed E-state index contributed by atoms with van der Waals surface area (Å²) in [6, 6.07) is 2.36. The molecule has 0 radical (unpaired) electrons. The van der Waals surface area contributed by atoms with Crippen LogP contribution in [0.25, 0.3) is 0 Å². The van der Waals surface area contributed by atoms with Crippen LogP contribution in [0.2, 0.25) is 0 Å². The van der Waals surface area contributed by atoms with Crippen molar-refractivity contribution in [2.75, 3.05) is 26.8 Å². The number of carbonyl (C=O) groups excluding carboxylic acids is 1. The van der Waals surface area contributed by atoms with E-state index in [0.29, 0.717) is 5.92 Å². The van der Waals surface area contributed by atoms with Gasteiger partial charge in [-0.2, -0.15) is 5.26 Å². The summed E-state index contributed by atoms with van der Waals surface area (Å²) in [6.45, 7) is 2.37. The van der Waals surface area contributed by atoms with E-state index in [-0.39, 0.29) is 5.91 Å². The lowest BCUT2D eigenvalue weighted by atomic mass is 9.80. The molecule has 112 valence electrons. The third-order valence-corrected chi connectivity index (χ3v) is 4.80. The van der Waals surface area contributed by atoms with Gasteiger partial charge in [0.1, 0.15) is 5.41 Å². The molecule has 0 N–H and O–H groups in total. The zero-order valence-corrected chi connectivity index (χ0v) is 12.6. The number of nitriles is 1. The fraction of sp³-hybridized carbons (Fsp3) is 0.875. The maximum Gasteiger partial charge on any atom is 0.242 e. The van der Waals surface area contributed by atoms with Crippen molar-refractivity contribution in [3.8, 4) is 6.07 Å². The molecule has 1 aliphatic heterocycles. The van der Waals surface area contributed by atoms with Gasteiger partial charge in [0.25, 0.3) is 0 Å². The normalized spacial score (nSPS) is 23.6. The first-order chi connectivity index (χ1) is 9.68. The zero-order chi connectivity index (χ0) is 14.4. The van der Waals surface area contributed by atoms with Gasteiger partial charge in [0.15, 0.2) is 0 Å². The molecule has 2 fully saturated rings. The van der Waals surface area contributed by atoms with Gasteiger partial charge in [-0.3, -0.25) is 4.79 Å². The Hall–Kier alpha value is -1.08. The van der Waals surface area contributed by atoms with Crippen LogP contribution in [0.4, 0.5) is 0 Å². The Morgan fingerprint density at radius 3 is 2.40 bits per heavy atom. The number of carbonyl (C=O) groups is 1. The Bertz CT molecular complexity index is 361. The highest BCUT2D eigenvalue weighted by Crippen LogP contribution is 2.36. The van der Waals surface area contributed by atoms with Crippen LogP contribution in [-0.2, 0) is 9.53 Å². The van der Waals surface area contributed by atoms with Crippen LogP contribution in [0, 0.1) is 22.7 Å². The van der Waals surface area contributed by atoms with E-state index in [1.807, 2.05) is 11.9 Å². The van der Waals surface area contributed by atoms with Crippen LogP contribution in [0.1, 0.15) is 51.4 Å². The van der Waals surface area contributed by atoms with Gasteiger partial charge in [-0.15, -0.1) is 0 Å². The first-order valence-corrected chi connectivity index (χ1v) is 7.92. The van der Waals surface area contributed by atoms with Gasteiger partial charge < -0.3 is 9.64 Å². The number of amides is 1. The highest BCUT2D eigenvalue weighted by Gasteiger charge is 2.41. The summed E-state index contributed by atoms with van der Waals surface area (Å²) in [5.41, 5.74) is -0.754. The summed E-state index contributed by atoms with van der Waals surface area (Å²) < 4.78 is 5.36. The Kier molecular flexibility index (Phi) is 5.42. The van der Waals surface area contributed by atoms with E-state index >= 15 is 0 Å². The van der Waals surface area contributed by atoms with Crippen LogP contribution in [-0.4, -0.2) is 37.6 Å². The van der Waals surface area contributed by atoms with Crippen molar-refractivity contribution in [2.24, 2.45) is 11.3 Å². The van der Waals surface area contributed by atoms with E-state index in [4.69, 9.17) is 4.74 Å². The minimum Gasteiger partial charge on any atom is -0.381 e. The molecule has 1 aliphatic carbocycles. The molecule has 1 heterocycles. The minimum atomic E-state index is -0.754. The van der Waals surface area contributed by atoms with Gasteiger partial charge in [0, 0.05) is 26.8 Å². The standard InChI is InChI=1S/C16H26N2O2/c1-18(12-14-6-10-20-11-7-14)15(19)16(13-17)8-4-2-3-5-9-16/h14H,2-12H2,1H3. The molecule has 0 spiro atoms. The molecular weight excluding hydrogens is 252 g/mol. The van der Waals surface area contributed by atoms with Gasteiger partial charge in [-0.25, -0.2) is 0 Å². The minimum absolute atomic E-state index is 0.0494. The lowest BCUT2D eigenvalue weighted by molar-refractivity contribution is -0.139. The SMILES string of the molecule is CN(CC1CCOCC1)C(=O)C1(C#N)CCCCCC1. The predicted molar refractivity (Wildman–Crippen MR) is 76.9 cm³/mol. The summed E-state index contributed by atoms with van der Waals surface area (Å²) in [4.78, 5) is 14.6. The summed E-state index contributed by atoms with van der Waals surface area (Å²) >= 11 is 0. The van der Waals surface area contributed by atoms with E-state index in [2.05, 4.69) is 6.07 Å². The second kappa shape index (κ2) is 7.08. The van der Waals surface area contributed by atoms with Crippen molar-refractivity contribution in [1.29, 1.82) is 5.26 Å². The van der Waals surface area contributed by atoms with Crippen LogP contribution in [0.15, 0.2) is 0 Å². The zero-order valence-electron chi connectivity index (χ0n) is 12.6. The smallest absolute Gasteiger partial charge is 0.242 e. The van der Waals surface area contributed by atoms with Crippen molar-refractivity contribution in [1.82, 2.24) is 4.90 Å². The molecule has 0 bridgehead atoms. The van der Waals surface area contributed by atoms with Gasteiger partial charge >= 0.3 is 0 Å². The second-order valence-corrected chi connectivity index (χ2v) is 6.35. The summed E-state index contributed by atoms with van der Waals surface area (Å²) in [6.07, 6.45) is 7.84. The molecule has 4 nitrogen and oxygen atoms in total. The molecule has 2 rings (SSSR count). The highest BCUT2D eigenvalue weighted by molar-refractivity contribution is 5.85. The van der Waals surface area contributed by atoms with Crippen molar-refractivity contribution in [2.45, 2.75) is 51.4 Å². The molecule has 1 saturated heterocycles. The second-order valence-electron chi connectivity index (χ2n) is 6.35. The lowest BCUT2D eigenvalue weighted by Crippen LogP contribution is -2.43. The first kappa shape index (κ1) is 15.3. The third-order valence-electron chi connectivity index (χ3n) is 4.80. The van der Waals surface area contributed by atoms with E-state index in [1.54, 1.807) is 0 Å². The molecule has 0 aromatic carbocycles. The summed E-state index contributed by atoms with van der Waals surface area (Å²) in [7, 11) is 1.86. The molecule has 2 aliphatic rings. The molecule has 0 aromatic heterocycles. The average molecular weight is 278 g/mol. The Balaban J connectivity index is 1.97. The van der Waals surface area contributed by atoms with Crippen molar-refractivity contribution in [3.05, 3.63) is 0 Å². The summed E-state index contributed by atoms with van der Waals surface area (Å²) in [5.74, 6) is 0.576. The molecule has 0 unspecified atom stereocenters. The van der Waals surface area contributed by atoms with Crippen molar-refractivity contribution >= 4 is 5.91 Å². The van der Waals surface area contributed by atoms with E-state index in [0.717, 1.165) is 71.1 Å². The van der Waals surface area contributed by atoms with Gasteiger partial charge in [0.05, 0.1) is 6.07 Å². The Morgan fingerprint density at radius 2 is 1.85 bits per heavy atom. The fourth-order valence-corrected chi connectivity index (χ4v) is 3.47. The number of hydrogen-bond acceptors (Lipinski definition) is 3. The van der Waals surface area contributed by atoms with E-state index < -0.39 is 5.41 Å². The van der Waals surface area contributed by atoms with Crippen LogP contribution < -0.4 is 0 Å². The quantitative estimate of drug-likeness (QED) is 0.746. The number of hydrogen-bond donors (Lipinski definition) is 0. The topological polar surface area (TPSA) is 53.3 Å². The molecular formula is C16H26N2O2. The molecule has 1 amide bonds. The monoisotopic (exact) mass is 278 g/mol. The van der Waals surface area contributed by atoms with Crippen LogP contribution in [0.3, 0.4) is 0 Å². The molecule has 20 heavy (non-hydrogen) atoms. The fourth-order valence-electron chi connectivity index (χ4n) is 3.47. The van der Waals surface area contributed by atoms with Crippen molar-refractivity contribution < 1.29 is 9.53 Å². The van der Waals surface area contributed by atoms with E-state index in [9.17, 15) is 10.1 Å². The number of rotatable bonds is 3. The maximum absolute atomic E-state index is 12.7. The van der Waals surface area contributed by atoms with Gasteiger partial charge in [-0.1, -0.05) is 25.7 Å². The predicted octanol–water partition coefficient (Wildman–Crippen LogP) is 2.74. The number of ether oxygens (including phenoxy) is 1. The number of nitrogens with zero attached hydrogens (tertiary/aromatic N) is 2. The average Bonchev–Trinajstić information content (AvgIpc) is 2.74. The third kappa shape index (κ3) is 3.52.